The largest absolute Gasteiger partial charge is 0.480 e. The molecule has 0 atom stereocenters. The molecule has 0 aromatic heterocycles. The van der Waals surface area contributed by atoms with E-state index in [9.17, 15) is 18.3 Å². The maximum Gasteiger partial charge on any atom is 0.325 e. The first-order valence-corrected chi connectivity index (χ1v) is 8.42. The summed E-state index contributed by atoms with van der Waals surface area (Å²) in [5, 5.41) is 9.30. The third-order valence-corrected chi connectivity index (χ3v) is 5.60. The van der Waals surface area contributed by atoms with E-state index in [2.05, 4.69) is 4.72 Å². The van der Waals surface area contributed by atoms with Crippen LogP contribution in [0.15, 0.2) is 0 Å². The van der Waals surface area contributed by atoms with Crippen LogP contribution in [0.4, 0.5) is 0 Å². The number of nitrogens with one attached hydrogen (secondary N) is 1. The zero-order valence-corrected chi connectivity index (χ0v) is 11.7. The van der Waals surface area contributed by atoms with Gasteiger partial charge in [-0.15, -0.1) is 0 Å². The van der Waals surface area contributed by atoms with Gasteiger partial charge in [-0.05, 0) is 12.3 Å². The maximum absolute atomic E-state index is 12.0. The van der Waals surface area contributed by atoms with Crippen molar-refractivity contribution in [1.29, 1.82) is 0 Å². The summed E-state index contributed by atoms with van der Waals surface area (Å²) < 4.78 is 31.6. The van der Waals surface area contributed by atoms with E-state index >= 15 is 0 Å². The number of rotatable bonds is 6. The lowest BCUT2D eigenvalue weighted by Crippen LogP contribution is -2.57. The molecule has 2 fully saturated rings. The molecule has 0 radical (unpaired) electrons. The molecule has 110 valence electrons. The Bertz CT molecular complexity index is 423. The van der Waals surface area contributed by atoms with Gasteiger partial charge in [0, 0.05) is 26.1 Å². The molecule has 1 aliphatic carbocycles. The number of ether oxygens (including phenoxy) is 1. The van der Waals surface area contributed by atoms with Gasteiger partial charge in [-0.1, -0.05) is 19.3 Å². The molecular formula is C12H21NO5S. The molecule has 7 heteroatoms. The van der Waals surface area contributed by atoms with Crippen LogP contribution >= 0.6 is 0 Å². The normalized spacial score (nSPS) is 23.8. The quantitative estimate of drug-likeness (QED) is 0.752. The van der Waals surface area contributed by atoms with Crippen molar-refractivity contribution in [3.05, 3.63) is 0 Å². The van der Waals surface area contributed by atoms with E-state index in [1.165, 1.54) is 6.42 Å². The summed E-state index contributed by atoms with van der Waals surface area (Å²) in [5.41, 5.74) is -1.38. The van der Waals surface area contributed by atoms with Crippen molar-refractivity contribution in [3.63, 3.8) is 0 Å². The van der Waals surface area contributed by atoms with Gasteiger partial charge in [0.2, 0.25) is 10.0 Å². The molecule has 19 heavy (non-hydrogen) atoms. The van der Waals surface area contributed by atoms with E-state index in [0.717, 1.165) is 12.8 Å². The van der Waals surface area contributed by atoms with E-state index < -0.39 is 21.5 Å². The highest BCUT2D eigenvalue weighted by Crippen LogP contribution is 2.30. The van der Waals surface area contributed by atoms with Crippen LogP contribution in [0.2, 0.25) is 0 Å². The first-order valence-electron chi connectivity index (χ1n) is 6.76. The molecule has 1 heterocycles. The van der Waals surface area contributed by atoms with Crippen LogP contribution in [0.5, 0.6) is 0 Å². The molecule has 2 aliphatic rings. The molecule has 0 bridgehead atoms. The van der Waals surface area contributed by atoms with Crippen LogP contribution in [0.25, 0.3) is 0 Å². The predicted molar refractivity (Wildman–Crippen MR) is 69.3 cm³/mol. The van der Waals surface area contributed by atoms with E-state index in [4.69, 9.17) is 4.74 Å². The average Bonchev–Trinajstić information content (AvgIpc) is 2.27. The maximum atomic E-state index is 12.0. The fourth-order valence-electron chi connectivity index (χ4n) is 2.53. The van der Waals surface area contributed by atoms with Gasteiger partial charge >= 0.3 is 5.97 Å². The standard InChI is InChI=1S/C12H21NO5S/c14-11(15)12(5-7-18-8-6-12)13-19(16,17)9-4-10-2-1-3-10/h10,13H,1-9H2,(H,14,15). The van der Waals surface area contributed by atoms with Gasteiger partial charge in [0.1, 0.15) is 5.54 Å². The lowest BCUT2D eigenvalue weighted by molar-refractivity contribution is -0.147. The van der Waals surface area contributed by atoms with Crippen molar-refractivity contribution in [2.24, 2.45) is 5.92 Å². The van der Waals surface area contributed by atoms with Crippen molar-refractivity contribution in [2.45, 2.75) is 44.1 Å². The minimum absolute atomic E-state index is 0.0214. The lowest BCUT2D eigenvalue weighted by atomic mass is 9.84. The highest BCUT2D eigenvalue weighted by Gasteiger charge is 2.43. The molecule has 0 unspecified atom stereocenters. The molecule has 1 aliphatic heterocycles. The molecular weight excluding hydrogens is 270 g/mol. The smallest absolute Gasteiger partial charge is 0.325 e. The minimum Gasteiger partial charge on any atom is -0.480 e. The summed E-state index contributed by atoms with van der Waals surface area (Å²) in [6.07, 6.45) is 4.35. The summed E-state index contributed by atoms with van der Waals surface area (Å²) in [6, 6.07) is 0. The lowest BCUT2D eigenvalue weighted by Gasteiger charge is -2.34. The van der Waals surface area contributed by atoms with E-state index in [1.807, 2.05) is 0 Å². The SMILES string of the molecule is O=C(O)C1(NS(=O)(=O)CCC2CCC2)CCOCC1. The molecule has 6 nitrogen and oxygen atoms in total. The van der Waals surface area contributed by atoms with Gasteiger partial charge in [-0.25, -0.2) is 8.42 Å². The van der Waals surface area contributed by atoms with Gasteiger partial charge in [0.15, 0.2) is 0 Å². The Morgan fingerprint density at radius 2 is 1.95 bits per heavy atom. The van der Waals surface area contributed by atoms with Crippen molar-refractivity contribution in [1.82, 2.24) is 4.72 Å². The Morgan fingerprint density at radius 3 is 2.42 bits per heavy atom. The second kappa shape index (κ2) is 5.76. The zero-order valence-electron chi connectivity index (χ0n) is 10.9. The molecule has 1 saturated carbocycles. The van der Waals surface area contributed by atoms with Crippen LogP contribution in [0.1, 0.15) is 38.5 Å². The van der Waals surface area contributed by atoms with Crippen molar-refractivity contribution < 1.29 is 23.1 Å². The summed E-state index contributed by atoms with van der Waals surface area (Å²) in [7, 11) is -3.54. The fraction of sp³-hybridized carbons (Fsp3) is 0.917. The number of carboxylic acids is 1. The summed E-state index contributed by atoms with van der Waals surface area (Å²) in [4.78, 5) is 11.4. The Morgan fingerprint density at radius 1 is 1.32 bits per heavy atom. The zero-order chi connectivity index (χ0) is 13.9. The van der Waals surface area contributed by atoms with Crippen LogP contribution in [0, 0.1) is 5.92 Å². The second-order valence-electron chi connectivity index (χ2n) is 5.51. The number of carboxylic acid groups (broad SMARTS) is 1. The molecule has 0 amide bonds. The summed E-state index contributed by atoms with van der Waals surface area (Å²) >= 11 is 0. The fourth-order valence-corrected chi connectivity index (χ4v) is 4.16. The predicted octanol–water partition coefficient (Wildman–Crippen LogP) is 0.730. The van der Waals surface area contributed by atoms with E-state index in [0.29, 0.717) is 12.3 Å². The van der Waals surface area contributed by atoms with Crippen LogP contribution in [-0.4, -0.2) is 44.0 Å². The van der Waals surface area contributed by atoms with Crippen LogP contribution in [0.3, 0.4) is 0 Å². The van der Waals surface area contributed by atoms with Gasteiger partial charge in [0.05, 0.1) is 5.75 Å². The van der Waals surface area contributed by atoms with Crippen LogP contribution in [-0.2, 0) is 19.6 Å². The first-order chi connectivity index (χ1) is 8.94. The Kier molecular flexibility index (Phi) is 4.47. The second-order valence-corrected chi connectivity index (χ2v) is 7.35. The molecule has 1 saturated heterocycles. The molecule has 0 aromatic rings. The monoisotopic (exact) mass is 291 g/mol. The molecule has 2 rings (SSSR count). The molecule has 0 aromatic carbocycles. The Labute approximate surface area is 113 Å². The number of aliphatic carboxylic acids is 1. The number of sulfonamides is 1. The number of hydrogen-bond donors (Lipinski definition) is 2. The highest BCUT2D eigenvalue weighted by atomic mass is 32.2. The Hall–Kier alpha value is -0.660. The minimum atomic E-state index is -3.54. The van der Waals surface area contributed by atoms with Crippen molar-refractivity contribution in [3.8, 4) is 0 Å². The van der Waals surface area contributed by atoms with Crippen LogP contribution < -0.4 is 4.72 Å². The molecule has 0 spiro atoms. The van der Waals surface area contributed by atoms with Crippen molar-refractivity contribution >= 4 is 16.0 Å². The summed E-state index contributed by atoms with van der Waals surface area (Å²) in [5.74, 6) is -0.594. The van der Waals surface area contributed by atoms with Gasteiger partial charge in [-0.3, -0.25) is 4.79 Å². The first kappa shape index (κ1) is 14.7. The third-order valence-electron chi connectivity index (χ3n) is 4.13. The van der Waals surface area contributed by atoms with Crippen molar-refractivity contribution in [2.75, 3.05) is 19.0 Å². The average molecular weight is 291 g/mol. The van der Waals surface area contributed by atoms with E-state index in [1.54, 1.807) is 0 Å². The third kappa shape index (κ3) is 3.67. The number of hydrogen-bond acceptors (Lipinski definition) is 4. The van der Waals surface area contributed by atoms with Gasteiger partial charge in [0.25, 0.3) is 0 Å². The van der Waals surface area contributed by atoms with Gasteiger partial charge < -0.3 is 9.84 Å². The highest BCUT2D eigenvalue weighted by molar-refractivity contribution is 7.89. The summed E-state index contributed by atoms with van der Waals surface area (Å²) in [6.45, 7) is 0.550. The topological polar surface area (TPSA) is 92.7 Å². The van der Waals surface area contributed by atoms with Gasteiger partial charge in [-0.2, -0.15) is 4.72 Å². The van der Waals surface area contributed by atoms with E-state index in [-0.39, 0.29) is 31.8 Å². The molecule has 2 N–H and O–H groups in total. The Balaban J connectivity index is 1.96. The number of carbonyl (C=O) groups is 1.